The van der Waals surface area contributed by atoms with E-state index in [1.54, 1.807) is 7.11 Å². The molecule has 0 radical (unpaired) electrons. The molecule has 1 rings (SSSR count). The van der Waals surface area contributed by atoms with Gasteiger partial charge in [-0.3, -0.25) is 0 Å². The van der Waals surface area contributed by atoms with Crippen LogP contribution in [-0.4, -0.2) is 20.3 Å². The lowest BCUT2D eigenvalue weighted by Crippen LogP contribution is -2.13. The molecule has 3 nitrogen and oxygen atoms in total. The van der Waals surface area contributed by atoms with Crippen molar-refractivity contribution < 1.29 is 9.47 Å². The third kappa shape index (κ3) is 4.06. The molecule has 0 saturated heterocycles. The number of ether oxygens (including phenoxy) is 2. The number of halogens is 1. The second-order valence-corrected chi connectivity index (χ2v) is 4.30. The molecule has 0 aliphatic rings. The third-order valence-electron chi connectivity index (χ3n) is 2.24. The lowest BCUT2D eigenvalue weighted by Gasteiger charge is -2.13. The van der Waals surface area contributed by atoms with Crippen LogP contribution < -0.4 is 14.8 Å². The van der Waals surface area contributed by atoms with Gasteiger partial charge in [-0.05, 0) is 24.6 Å². The molecule has 1 aromatic carbocycles. The summed E-state index contributed by atoms with van der Waals surface area (Å²) in [6.45, 7) is 7.78. The summed E-state index contributed by atoms with van der Waals surface area (Å²) < 4.78 is 11.8. The van der Waals surface area contributed by atoms with E-state index in [4.69, 9.17) is 9.47 Å². The Balaban J connectivity index is 2.87. The number of nitrogens with one attached hydrogen (secondary N) is 1. The molecule has 0 aromatic heterocycles. The Morgan fingerprint density at radius 2 is 2.18 bits per heavy atom. The van der Waals surface area contributed by atoms with Crippen LogP contribution >= 0.6 is 15.9 Å². The molecule has 0 atom stereocenters. The predicted molar refractivity (Wildman–Crippen MR) is 73.8 cm³/mol. The molecule has 0 unspecified atom stereocenters. The Morgan fingerprint density at radius 1 is 1.41 bits per heavy atom. The lowest BCUT2D eigenvalue weighted by atomic mass is 10.2. The molecular formula is C13H18BrNO2. The van der Waals surface area contributed by atoms with Crippen molar-refractivity contribution in [2.75, 3.05) is 20.3 Å². The maximum Gasteiger partial charge on any atom is 0.162 e. The quantitative estimate of drug-likeness (QED) is 0.620. The molecular weight excluding hydrogens is 282 g/mol. The first-order valence-electron chi connectivity index (χ1n) is 5.53. The van der Waals surface area contributed by atoms with Gasteiger partial charge in [0, 0.05) is 17.6 Å². The maximum absolute atomic E-state index is 5.50. The van der Waals surface area contributed by atoms with Gasteiger partial charge in [0.15, 0.2) is 11.5 Å². The zero-order valence-electron chi connectivity index (χ0n) is 10.3. The van der Waals surface area contributed by atoms with Gasteiger partial charge in [-0.25, -0.2) is 0 Å². The first-order valence-corrected chi connectivity index (χ1v) is 6.33. The molecule has 1 N–H and O–H groups in total. The molecule has 0 amide bonds. The SMILES string of the molecule is C=CCNCc1cc(OC)c(OCC)cc1Br. The van der Waals surface area contributed by atoms with Crippen molar-refractivity contribution in [3.63, 3.8) is 0 Å². The van der Waals surface area contributed by atoms with Crippen molar-refractivity contribution in [3.8, 4) is 11.5 Å². The topological polar surface area (TPSA) is 30.5 Å². The van der Waals surface area contributed by atoms with Crippen LogP contribution in [0, 0.1) is 0 Å². The van der Waals surface area contributed by atoms with Gasteiger partial charge in [0.1, 0.15) is 0 Å². The van der Waals surface area contributed by atoms with Gasteiger partial charge in [-0.15, -0.1) is 6.58 Å². The van der Waals surface area contributed by atoms with Gasteiger partial charge in [0.25, 0.3) is 0 Å². The van der Waals surface area contributed by atoms with E-state index in [0.717, 1.165) is 34.6 Å². The highest BCUT2D eigenvalue weighted by Crippen LogP contribution is 2.33. The van der Waals surface area contributed by atoms with Crippen LogP contribution in [0.4, 0.5) is 0 Å². The largest absolute Gasteiger partial charge is 0.493 e. The standard InChI is InChI=1S/C13H18BrNO2/c1-4-6-15-9-10-7-12(16-3)13(17-5-2)8-11(10)14/h4,7-8,15H,1,5-6,9H2,2-3H3. The summed E-state index contributed by atoms with van der Waals surface area (Å²) in [5.41, 5.74) is 1.13. The van der Waals surface area contributed by atoms with Gasteiger partial charge in [0.05, 0.1) is 13.7 Å². The molecule has 0 saturated carbocycles. The van der Waals surface area contributed by atoms with Gasteiger partial charge >= 0.3 is 0 Å². The number of hydrogen-bond acceptors (Lipinski definition) is 3. The molecule has 4 heteroatoms. The number of methoxy groups -OCH3 is 1. The minimum absolute atomic E-state index is 0.622. The fourth-order valence-electron chi connectivity index (χ4n) is 1.45. The van der Waals surface area contributed by atoms with E-state index in [0.29, 0.717) is 6.61 Å². The van der Waals surface area contributed by atoms with Crippen LogP contribution in [-0.2, 0) is 6.54 Å². The monoisotopic (exact) mass is 299 g/mol. The van der Waals surface area contributed by atoms with Crippen LogP contribution in [0.1, 0.15) is 12.5 Å². The average molecular weight is 300 g/mol. The lowest BCUT2D eigenvalue weighted by molar-refractivity contribution is 0.310. The Labute approximate surface area is 111 Å². The zero-order valence-corrected chi connectivity index (χ0v) is 11.8. The van der Waals surface area contributed by atoms with Crippen LogP contribution in [0.5, 0.6) is 11.5 Å². The van der Waals surface area contributed by atoms with Gasteiger partial charge in [-0.2, -0.15) is 0 Å². The highest BCUT2D eigenvalue weighted by molar-refractivity contribution is 9.10. The predicted octanol–water partition coefficient (Wildman–Crippen LogP) is 3.13. The fourth-order valence-corrected chi connectivity index (χ4v) is 1.91. The van der Waals surface area contributed by atoms with E-state index in [9.17, 15) is 0 Å². The Morgan fingerprint density at radius 3 is 2.76 bits per heavy atom. The zero-order chi connectivity index (χ0) is 12.7. The molecule has 0 aliphatic heterocycles. The van der Waals surface area contributed by atoms with Gasteiger partial charge in [-0.1, -0.05) is 22.0 Å². The summed E-state index contributed by atoms with van der Waals surface area (Å²) in [5, 5.41) is 3.25. The summed E-state index contributed by atoms with van der Waals surface area (Å²) in [4.78, 5) is 0. The molecule has 0 heterocycles. The Bertz CT molecular complexity index is 380. The van der Waals surface area contributed by atoms with Crippen LogP contribution in [0.25, 0.3) is 0 Å². The first kappa shape index (κ1) is 14.1. The molecule has 0 fully saturated rings. The van der Waals surface area contributed by atoms with Gasteiger partial charge in [0.2, 0.25) is 0 Å². The first-order chi connectivity index (χ1) is 8.22. The van der Waals surface area contributed by atoms with Gasteiger partial charge < -0.3 is 14.8 Å². The van der Waals surface area contributed by atoms with E-state index in [1.807, 2.05) is 25.1 Å². The van der Waals surface area contributed by atoms with E-state index in [2.05, 4.69) is 27.8 Å². The van der Waals surface area contributed by atoms with Crippen LogP contribution in [0.2, 0.25) is 0 Å². The van der Waals surface area contributed by atoms with Crippen molar-refractivity contribution in [1.29, 1.82) is 0 Å². The third-order valence-corrected chi connectivity index (χ3v) is 2.97. The highest BCUT2D eigenvalue weighted by atomic mass is 79.9. The number of rotatable bonds is 7. The summed E-state index contributed by atoms with van der Waals surface area (Å²) in [5.74, 6) is 1.51. The normalized spacial score (nSPS) is 10.1. The number of hydrogen-bond donors (Lipinski definition) is 1. The summed E-state index contributed by atoms with van der Waals surface area (Å²) in [7, 11) is 1.65. The second kappa shape index (κ2) is 7.35. The van der Waals surface area contributed by atoms with Crippen LogP contribution in [0.15, 0.2) is 29.3 Å². The van der Waals surface area contributed by atoms with E-state index in [1.165, 1.54) is 0 Å². The van der Waals surface area contributed by atoms with Crippen LogP contribution in [0.3, 0.4) is 0 Å². The highest BCUT2D eigenvalue weighted by Gasteiger charge is 2.09. The molecule has 0 aliphatic carbocycles. The maximum atomic E-state index is 5.50. The van der Waals surface area contributed by atoms with Crippen molar-refractivity contribution >= 4 is 15.9 Å². The number of benzene rings is 1. The summed E-state index contributed by atoms with van der Waals surface area (Å²) >= 11 is 3.53. The molecule has 1 aromatic rings. The van der Waals surface area contributed by atoms with Crippen molar-refractivity contribution in [2.45, 2.75) is 13.5 Å². The molecule has 0 bridgehead atoms. The molecule has 94 valence electrons. The minimum Gasteiger partial charge on any atom is -0.493 e. The molecule has 17 heavy (non-hydrogen) atoms. The van der Waals surface area contributed by atoms with E-state index < -0.39 is 0 Å². The molecule has 0 spiro atoms. The minimum atomic E-state index is 0.622. The van der Waals surface area contributed by atoms with E-state index in [-0.39, 0.29) is 0 Å². The van der Waals surface area contributed by atoms with Crippen molar-refractivity contribution in [3.05, 3.63) is 34.8 Å². The second-order valence-electron chi connectivity index (χ2n) is 3.45. The summed E-state index contributed by atoms with van der Waals surface area (Å²) in [6.07, 6.45) is 1.83. The average Bonchev–Trinajstić information content (AvgIpc) is 2.32. The smallest absolute Gasteiger partial charge is 0.162 e. The van der Waals surface area contributed by atoms with E-state index >= 15 is 0 Å². The Hall–Kier alpha value is -1.00. The fraction of sp³-hybridized carbons (Fsp3) is 0.385. The van der Waals surface area contributed by atoms with Crippen molar-refractivity contribution in [1.82, 2.24) is 5.32 Å². The summed E-state index contributed by atoms with van der Waals surface area (Å²) in [6, 6.07) is 3.92. The Kier molecular flexibility index (Phi) is 6.08. The van der Waals surface area contributed by atoms with Crippen molar-refractivity contribution in [2.24, 2.45) is 0 Å².